The normalized spacial score (nSPS) is 10.2. The maximum atomic E-state index is 12.3. The van der Waals surface area contributed by atoms with E-state index in [0.717, 1.165) is 41.1 Å². The molecular weight excluding hydrogens is 288 g/mol. The highest BCUT2D eigenvalue weighted by Gasteiger charge is 2.10. The summed E-state index contributed by atoms with van der Waals surface area (Å²) in [4.78, 5) is 12.3. The number of aryl methyl sites for hydroxylation is 2. The van der Waals surface area contributed by atoms with Crippen molar-refractivity contribution >= 4 is 17.3 Å². The van der Waals surface area contributed by atoms with Crippen LogP contribution in [0.5, 0.6) is 5.75 Å². The lowest BCUT2D eigenvalue weighted by Gasteiger charge is -2.15. The van der Waals surface area contributed by atoms with Crippen molar-refractivity contribution in [1.82, 2.24) is 0 Å². The van der Waals surface area contributed by atoms with Crippen LogP contribution in [0.15, 0.2) is 42.5 Å². The standard InChI is InChI=1S/C19H24N2O2/c1-4-14-9-8-10-15(5-2)19(14)21-18(22)13-20-16-11-6-7-12-17(16)23-3/h6-12,20H,4-5,13H2,1-3H3,(H,21,22). The van der Waals surface area contributed by atoms with Crippen molar-refractivity contribution in [3.05, 3.63) is 53.6 Å². The van der Waals surface area contributed by atoms with Gasteiger partial charge in [0.2, 0.25) is 5.91 Å². The van der Waals surface area contributed by atoms with Crippen molar-refractivity contribution in [3.8, 4) is 5.75 Å². The van der Waals surface area contributed by atoms with Gasteiger partial charge in [-0.2, -0.15) is 0 Å². The Hall–Kier alpha value is -2.49. The Bertz CT molecular complexity index is 646. The van der Waals surface area contributed by atoms with Gasteiger partial charge in [0, 0.05) is 5.69 Å². The topological polar surface area (TPSA) is 50.4 Å². The minimum atomic E-state index is -0.0634. The number of carbonyl (C=O) groups excluding carboxylic acids is 1. The van der Waals surface area contributed by atoms with Crippen LogP contribution in [0.3, 0.4) is 0 Å². The van der Waals surface area contributed by atoms with Crippen molar-refractivity contribution in [2.45, 2.75) is 26.7 Å². The fourth-order valence-electron chi connectivity index (χ4n) is 2.55. The summed E-state index contributed by atoms with van der Waals surface area (Å²) in [6, 6.07) is 13.7. The molecule has 2 rings (SSSR count). The lowest BCUT2D eigenvalue weighted by molar-refractivity contribution is -0.114. The highest BCUT2D eigenvalue weighted by Crippen LogP contribution is 2.24. The predicted octanol–water partition coefficient (Wildman–Crippen LogP) is 3.87. The number of anilines is 2. The summed E-state index contributed by atoms with van der Waals surface area (Å²) in [5, 5.41) is 6.17. The minimum Gasteiger partial charge on any atom is -0.495 e. The van der Waals surface area contributed by atoms with Crippen molar-refractivity contribution in [2.75, 3.05) is 24.3 Å². The molecule has 0 aliphatic heterocycles. The molecule has 0 saturated carbocycles. The van der Waals surface area contributed by atoms with Crippen LogP contribution < -0.4 is 15.4 Å². The summed E-state index contributed by atoms with van der Waals surface area (Å²) in [6.45, 7) is 4.39. The molecule has 0 aliphatic carbocycles. The number of amides is 1. The van der Waals surface area contributed by atoms with Crippen LogP contribution in [0.4, 0.5) is 11.4 Å². The molecule has 0 aromatic heterocycles. The first-order valence-electron chi connectivity index (χ1n) is 7.97. The number of methoxy groups -OCH3 is 1. The second-order valence-corrected chi connectivity index (χ2v) is 5.26. The molecule has 0 atom stereocenters. The maximum absolute atomic E-state index is 12.3. The largest absolute Gasteiger partial charge is 0.495 e. The van der Waals surface area contributed by atoms with E-state index in [4.69, 9.17) is 4.74 Å². The van der Waals surface area contributed by atoms with Gasteiger partial charge in [-0.15, -0.1) is 0 Å². The first kappa shape index (κ1) is 16.9. The molecular formula is C19H24N2O2. The average molecular weight is 312 g/mol. The molecule has 0 saturated heterocycles. The number of hydrogen-bond acceptors (Lipinski definition) is 3. The Balaban J connectivity index is 2.06. The van der Waals surface area contributed by atoms with E-state index in [9.17, 15) is 4.79 Å². The Kier molecular flexibility index (Phi) is 6.03. The average Bonchev–Trinajstić information content (AvgIpc) is 2.60. The summed E-state index contributed by atoms with van der Waals surface area (Å²) in [5.41, 5.74) is 4.08. The van der Waals surface area contributed by atoms with Crippen LogP contribution in [-0.4, -0.2) is 19.6 Å². The van der Waals surface area contributed by atoms with Crippen molar-refractivity contribution in [1.29, 1.82) is 0 Å². The molecule has 2 N–H and O–H groups in total. The van der Waals surface area contributed by atoms with E-state index in [1.807, 2.05) is 30.3 Å². The number of para-hydroxylation sites is 3. The van der Waals surface area contributed by atoms with Gasteiger partial charge in [-0.05, 0) is 36.1 Å². The van der Waals surface area contributed by atoms with E-state index in [2.05, 4.69) is 36.6 Å². The molecule has 0 heterocycles. The Morgan fingerprint density at radius 1 is 1.00 bits per heavy atom. The molecule has 2 aromatic carbocycles. The zero-order chi connectivity index (χ0) is 16.7. The first-order valence-corrected chi connectivity index (χ1v) is 7.97. The molecule has 0 radical (unpaired) electrons. The lowest BCUT2D eigenvalue weighted by atomic mass is 10.0. The van der Waals surface area contributed by atoms with E-state index < -0.39 is 0 Å². The van der Waals surface area contributed by atoms with Crippen molar-refractivity contribution in [3.63, 3.8) is 0 Å². The SMILES string of the molecule is CCc1cccc(CC)c1NC(=O)CNc1ccccc1OC. The zero-order valence-electron chi connectivity index (χ0n) is 14.0. The molecule has 0 fully saturated rings. The summed E-state index contributed by atoms with van der Waals surface area (Å²) in [7, 11) is 1.62. The quantitative estimate of drug-likeness (QED) is 0.816. The second-order valence-electron chi connectivity index (χ2n) is 5.26. The summed E-state index contributed by atoms with van der Waals surface area (Å²) < 4.78 is 5.27. The third-order valence-corrected chi connectivity index (χ3v) is 3.81. The van der Waals surface area contributed by atoms with Gasteiger partial charge < -0.3 is 15.4 Å². The van der Waals surface area contributed by atoms with Gasteiger partial charge in [-0.1, -0.05) is 44.2 Å². The smallest absolute Gasteiger partial charge is 0.243 e. The Labute approximate surface area is 137 Å². The van der Waals surface area contributed by atoms with Crippen LogP contribution in [0.25, 0.3) is 0 Å². The van der Waals surface area contributed by atoms with Gasteiger partial charge in [0.05, 0.1) is 19.3 Å². The van der Waals surface area contributed by atoms with Crippen LogP contribution in [0, 0.1) is 0 Å². The van der Waals surface area contributed by atoms with Crippen LogP contribution in [0.1, 0.15) is 25.0 Å². The molecule has 0 spiro atoms. The third-order valence-electron chi connectivity index (χ3n) is 3.81. The maximum Gasteiger partial charge on any atom is 0.243 e. The molecule has 0 aliphatic rings. The van der Waals surface area contributed by atoms with E-state index >= 15 is 0 Å². The molecule has 0 unspecified atom stereocenters. The summed E-state index contributed by atoms with van der Waals surface area (Å²) in [6.07, 6.45) is 1.78. The second kappa shape index (κ2) is 8.22. The molecule has 122 valence electrons. The van der Waals surface area contributed by atoms with E-state index in [-0.39, 0.29) is 12.5 Å². The van der Waals surface area contributed by atoms with Gasteiger partial charge in [-0.3, -0.25) is 4.79 Å². The van der Waals surface area contributed by atoms with Crippen molar-refractivity contribution in [2.24, 2.45) is 0 Å². The van der Waals surface area contributed by atoms with E-state index in [0.29, 0.717) is 0 Å². The fourth-order valence-corrected chi connectivity index (χ4v) is 2.55. The van der Waals surface area contributed by atoms with Crippen LogP contribution >= 0.6 is 0 Å². The lowest BCUT2D eigenvalue weighted by Crippen LogP contribution is -2.23. The molecule has 4 heteroatoms. The number of carbonyl (C=O) groups is 1. The van der Waals surface area contributed by atoms with Crippen LogP contribution in [-0.2, 0) is 17.6 Å². The molecule has 1 amide bonds. The predicted molar refractivity (Wildman–Crippen MR) is 95.3 cm³/mol. The van der Waals surface area contributed by atoms with E-state index in [1.165, 1.54) is 0 Å². The fraction of sp³-hybridized carbons (Fsp3) is 0.316. The molecule has 2 aromatic rings. The van der Waals surface area contributed by atoms with Gasteiger partial charge in [0.25, 0.3) is 0 Å². The Morgan fingerprint density at radius 2 is 1.65 bits per heavy atom. The molecule has 4 nitrogen and oxygen atoms in total. The molecule has 0 bridgehead atoms. The van der Waals surface area contributed by atoms with E-state index in [1.54, 1.807) is 7.11 Å². The van der Waals surface area contributed by atoms with Crippen LogP contribution in [0.2, 0.25) is 0 Å². The highest BCUT2D eigenvalue weighted by atomic mass is 16.5. The summed E-state index contributed by atoms with van der Waals surface area (Å²) >= 11 is 0. The van der Waals surface area contributed by atoms with Gasteiger partial charge in [0.15, 0.2) is 0 Å². The number of benzene rings is 2. The molecule has 23 heavy (non-hydrogen) atoms. The van der Waals surface area contributed by atoms with Gasteiger partial charge >= 0.3 is 0 Å². The van der Waals surface area contributed by atoms with Gasteiger partial charge in [0.1, 0.15) is 5.75 Å². The minimum absolute atomic E-state index is 0.0634. The highest BCUT2D eigenvalue weighted by molar-refractivity contribution is 5.95. The third kappa shape index (κ3) is 4.25. The Morgan fingerprint density at radius 3 is 2.26 bits per heavy atom. The van der Waals surface area contributed by atoms with Gasteiger partial charge in [-0.25, -0.2) is 0 Å². The number of nitrogens with one attached hydrogen (secondary N) is 2. The van der Waals surface area contributed by atoms with Crippen molar-refractivity contribution < 1.29 is 9.53 Å². The first-order chi connectivity index (χ1) is 11.2. The number of ether oxygens (including phenoxy) is 1. The monoisotopic (exact) mass is 312 g/mol. The zero-order valence-corrected chi connectivity index (χ0v) is 14.0. The summed E-state index contributed by atoms with van der Waals surface area (Å²) in [5.74, 6) is 0.662. The number of rotatable bonds is 7. The number of hydrogen-bond donors (Lipinski definition) is 2.